The Morgan fingerprint density at radius 1 is 1.02 bits per heavy atom. The highest BCUT2D eigenvalue weighted by molar-refractivity contribution is 7.99. The van der Waals surface area contributed by atoms with Crippen LogP contribution in [0, 0.1) is 25.2 Å². The number of aromatic hydroxyl groups is 1. The lowest BCUT2D eigenvalue weighted by atomic mass is 9.71. The van der Waals surface area contributed by atoms with E-state index in [4.69, 9.17) is 33.2 Å². The van der Waals surface area contributed by atoms with Crippen LogP contribution in [0.25, 0.3) is 0 Å². The predicted octanol–water partition coefficient (Wildman–Crippen LogP) is 4.29. The van der Waals surface area contributed by atoms with Gasteiger partial charge in [-0.25, -0.2) is 4.79 Å². The molecule has 2 fully saturated rings. The largest absolute Gasteiger partial charge is 0.504 e. The van der Waals surface area contributed by atoms with Crippen molar-refractivity contribution in [3.63, 3.8) is 0 Å². The van der Waals surface area contributed by atoms with Crippen molar-refractivity contribution in [3.05, 3.63) is 62.7 Å². The van der Waals surface area contributed by atoms with Gasteiger partial charge in [0.05, 0.1) is 44.7 Å². The number of phenols is 1. The molecule has 3 aromatic carbocycles. The van der Waals surface area contributed by atoms with Crippen LogP contribution in [-0.4, -0.2) is 99.0 Å². The van der Waals surface area contributed by atoms with Crippen LogP contribution in [0.1, 0.15) is 68.8 Å². The van der Waals surface area contributed by atoms with Crippen LogP contribution in [-0.2, 0) is 32.7 Å². The molecular weight excluding hydrogens is 741 g/mol. The summed E-state index contributed by atoms with van der Waals surface area (Å²) in [5.74, 6) is 2.01. The summed E-state index contributed by atoms with van der Waals surface area (Å²) in [6, 6.07) is 5.81. The highest BCUT2D eigenvalue weighted by Gasteiger charge is 2.62. The molecular formula is C41H44N4O10S. The zero-order valence-corrected chi connectivity index (χ0v) is 33.1. The maximum absolute atomic E-state index is 14.8. The van der Waals surface area contributed by atoms with E-state index in [0.29, 0.717) is 64.8 Å². The number of esters is 2. The zero-order chi connectivity index (χ0) is 39.4. The summed E-state index contributed by atoms with van der Waals surface area (Å²) in [6.45, 7) is 5.49. The summed E-state index contributed by atoms with van der Waals surface area (Å²) in [5, 5.41) is 25.0. The van der Waals surface area contributed by atoms with Crippen molar-refractivity contribution in [1.82, 2.24) is 15.1 Å². The van der Waals surface area contributed by atoms with Crippen molar-refractivity contribution < 1.29 is 47.9 Å². The van der Waals surface area contributed by atoms with Crippen LogP contribution >= 0.6 is 11.8 Å². The summed E-state index contributed by atoms with van der Waals surface area (Å²) in [4.78, 5) is 32.3. The minimum atomic E-state index is -1.34. The van der Waals surface area contributed by atoms with Crippen LogP contribution in [0.5, 0.6) is 40.2 Å². The summed E-state index contributed by atoms with van der Waals surface area (Å²) < 4.78 is 42.7. The van der Waals surface area contributed by atoms with Gasteiger partial charge in [-0.3, -0.25) is 19.9 Å². The van der Waals surface area contributed by atoms with E-state index in [1.807, 2.05) is 13.8 Å². The van der Waals surface area contributed by atoms with Crippen LogP contribution in [0.3, 0.4) is 0 Å². The van der Waals surface area contributed by atoms with E-state index in [1.54, 1.807) is 26.4 Å². The first-order valence-electron chi connectivity index (χ1n) is 18.7. The molecule has 0 radical (unpaired) electrons. The third-order valence-electron chi connectivity index (χ3n) is 12.6. The average molecular weight is 785 g/mol. The molecule has 14 nitrogen and oxygen atoms in total. The van der Waals surface area contributed by atoms with Crippen molar-refractivity contribution in [1.29, 1.82) is 5.26 Å². The number of hydrogen-bond donors (Lipinski definition) is 2. The van der Waals surface area contributed by atoms with Crippen LogP contribution in [0.15, 0.2) is 18.2 Å². The molecule has 1 spiro atoms. The summed E-state index contributed by atoms with van der Waals surface area (Å²) in [6.07, 6.45) is 1.15. The number of aryl methyl sites for hydroxylation is 1. The number of nitriles is 1. The smallest absolute Gasteiger partial charge is 0.331 e. The molecule has 4 bridgehead atoms. The van der Waals surface area contributed by atoms with Gasteiger partial charge in [0.25, 0.3) is 0 Å². The van der Waals surface area contributed by atoms with E-state index < -0.39 is 40.9 Å². The van der Waals surface area contributed by atoms with Gasteiger partial charge >= 0.3 is 11.9 Å². The van der Waals surface area contributed by atoms with Crippen molar-refractivity contribution in [2.45, 2.75) is 74.6 Å². The quantitative estimate of drug-likeness (QED) is 0.285. The third-order valence-corrected chi connectivity index (χ3v) is 14.1. The van der Waals surface area contributed by atoms with Crippen LogP contribution in [0.4, 0.5) is 0 Å². The molecule has 0 aliphatic carbocycles. The molecule has 15 heteroatoms. The van der Waals surface area contributed by atoms with Gasteiger partial charge in [-0.1, -0.05) is 6.07 Å². The number of nitrogens with zero attached hydrogens (tertiary/aromatic N) is 3. The minimum absolute atomic E-state index is 0.0108. The molecule has 0 amide bonds. The van der Waals surface area contributed by atoms with Gasteiger partial charge in [0.15, 0.2) is 40.0 Å². The number of fused-ring (bicyclic) bond motifs is 9. The van der Waals surface area contributed by atoms with Gasteiger partial charge < -0.3 is 38.3 Å². The fourth-order valence-electron chi connectivity index (χ4n) is 10.4. The van der Waals surface area contributed by atoms with Gasteiger partial charge in [0, 0.05) is 53.6 Å². The van der Waals surface area contributed by atoms with Gasteiger partial charge in [-0.2, -0.15) is 5.26 Å². The Kier molecular flexibility index (Phi) is 8.77. The third kappa shape index (κ3) is 4.98. The number of thioether (sulfide) groups is 1. The number of carbonyl (C=O) groups is 2. The topological polar surface area (TPSA) is 161 Å². The number of benzene rings is 3. The van der Waals surface area contributed by atoms with Crippen LogP contribution in [0.2, 0.25) is 0 Å². The average Bonchev–Trinajstić information content (AvgIpc) is 3.67. The Morgan fingerprint density at radius 3 is 2.50 bits per heavy atom. The molecule has 56 heavy (non-hydrogen) atoms. The van der Waals surface area contributed by atoms with E-state index in [-0.39, 0.29) is 42.7 Å². The molecule has 7 aliphatic heterocycles. The van der Waals surface area contributed by atoms with Crippen molar-refractivity contribution >= 4 is 23.7 Å². The fraction of sp³-hybridized carbons (Fsp3) is 0.488. The molecule has 2 N–H and O–H groups in total. The minimum Gasteiger partial charge on any atom is -0.504 e. The molecule has 7 atom stereocenters. The molecule has 0 aromatic heterocycles. The Bertz CT molecular complexity index is 2240. The molecule has 2 saturated heterocycles. The number of carbonyl (C=O) groups excluding carboxylic acids is 2. The van der Waals surface area contributed by atoms with Crippen molar-refractivity contribution in [2.75, 3.05) is 54.1 Å². The highest BCUT2D eigenvalue weighted by Crippen LogP contribution is 2.64. The lowest BCUT2D eigenvalue weighted by Gasteiger charge is -2.62. The van der Waals surface area contributed by atoms with Gasteiger partial charge in [-0.15, -0.1) is 11.8 Å². The summed E-state index contributed by atoms with van der Waals surface area (Å²) >= 11 is 1.53. The lowest BCUT2D eigenvalue weighted by molar-refractivity contribution is -0.157. The number of hydrogen-bond acceptors (Lipinski definition) is 15. The van der Waals surface area contributed by atoms with Crippen molar-refractivity contribution in [2.24, 2.45) is 0 Å². The maximum Gasteiger partial charge on any atom is 0.331 e. The Balaban J connectivity index is 1.34. The first-order valence-corrected chi connectivity index (χ1v) is 19.8. The predicted molar refractivity (Wildman–Crippen MR) is 203 cm³/mol. The van der Waals surface area contributed by atoms with E-state index in [0.717, 1.165) is 27.8 Å². The van der Waals surface area contributed by atoms with E-state index >= 15 is 0 Å². The Labute approximate surface area is 328 Å². The van der Waals surface area contributed by atoms with E-state index in [9.17, 15) is 20.0 Å². The molecule has 7 heterocycles. The number of piperazine rings is 1. The number of phenolic OH excluding ortho intramolecular Hbond substituents is 1. The number of nitrogens with one attached hydrogen (secondary N) is 1. The second kappa shape index (κ2) is 13.4. The molecule has 1 unspecified atom stereocenters. The number of ether oxygens (including phenoxy) is 7. The van der Waals surface area contributed by atoms with Crippen molar-refractivity contribution in [3.8, 4) is 46.3 Å². The maximum atomic E-state index is 14.8. The monoisotopic (exact) mass is 784 g/mol. The van der Waals surface area contributed by atoms with E-state index in [2.05, 4.69) is 34.3 Å². The van der Waals surface area contributed by atoms with Gasteiger partial charge in [0.2, 0.25) is 6.79 Å². The number of rotatable bonds is 4. The van der Waals surface area contributed by atoms with Gasteiger partial charge in [0.1, 0.15) is 18.4 Å². The first-order chi connectivity index (χ1) is 27.0. The molecule has 10 rings (SSSR count). The number of likely N-dealkylation sites (N-methyl/N-ethyl adjacent to an activating group) is 1. The second-order valence-electron chi connectivity index (χ2n) is 15.3. The fourth-order valence-corrected chi connectivity index (χ4v) is 12.1. The second-order valence-corrected chi connectivity index (χ2v) is 16.4. The summed E-state index contributed by atoms with van der Waals surface area (Å²) in [5.41, 5.74) is 5.13. The highest BCUT2D eigenvalue weighted by atomic mass is 32.2. The Hall–Kier alpha value is -4.88. The lowest BCUT2D eigenvalue weighted by Crippen LogP contribution is -2.69. The normalized spacial score (nSPS) is 28.6. The summed E-state index contributed by atoms with van der Waals surface area (Å²) in [7, 11) is 6.82. The molecule has 294 valence electrons. The SMILES string of the molecule is COc1cc2c(cc1O)CCN[C@]21CS[C@@H]2c3c(OC(C)=O)c(C)c4c(c3[C@@H](COC1=O)N1C2[C@H]2c3c(cc(C)c(OC)c3OC)C[C@@H]([C@@H]1C#N)N2C)OCO4. The van der Waals surface area contributed by atoms with Crippen LogP contribution < -0.4 is 33.7 Å². The first kappa shape index (κ1) is 36.7. The molecule has 7 aliphatic rings. The Morgan fingerprint density at radius 2 is 1.79 bits per heavy atom. The number of methoxy groups -OCH3 is 3. The standard InChI is InChI=1S/C41H44N4O10S/c1-18-10-22-11-24-25(14-42)45-26-15-52-40(48)41(23-13-28(49-5)27(47)12-21(23)8-9-43-41)16-56-39(33(45)32(44(24)4)29(22)37(51-7)34(18)50-6)31-30(26)38-36(53-17-54-38)19(2)35(31)55-20(3)46/h10,12-13,24-26,32-33,39,43,47H,8-9,11,15-17H2,1-7H3/t24-,25-,26+,32+,33?,39+,41+/m0/s1. The van der Waals surface area contributed by atoms with E-state index in [1.165, 1.54) is 25.8 Å². The molecule has 0 saturated carbocycles. The van der Waals surface area contributed by atoms with Gasteiger partial charge in [-0.05, 0) is 68.1 Å². The zero-order valence-electron chi connectivity index (χ0n) is 32.3. The molecule has 3 aromatic rings.